The molecule has 0 radical (unpaired) electrons. The fourth-order valence-electron chi connectivity index (χ4n) is 2.31. The molecule has 1 amide bonds. The molecule has 18 heavy (non-hydrogen) atoms. The van der Waals surface area contributed by atoms with Gasteiger partial charge in [-0.3, -0.25) is 4.79 Å². The lowest BCUT2D eigenvalue weighted by atomic mass is 9.99. The summed E-state index contributed by atoms with van der Waals surface area (Å²) in [5, 5.41) is 0. The summed E-state index contributed by atoms with van der Waals surface area (Å²) in [6.07, 6.45) is 5.24. The second kappa shape index (κ2) is 7.06. The van der Waals surface area contributed by atoms with Crippen LogP contribution in [-0.2, 0) is 14.8 Å². The van der Waals surface area contributed by atoms with Crippen LogP contribution < -0.4 is 10.5 Å². The van der Waals surface area contributed by atoms with Crippen LogP contribution in [0.25, 0.3) is 0 Å². The largest absolute Gasteiger partial charge is 0.340 e. The summed E-state index contributed by atoms with van der Waals surface area (Å²) in [6, 6.07) is 0.145. The minimum atomic E-state index is -3.15. The number of rotatable bonds is 6. The first-order valence-corrected chi connectivity index (χ1v) is 8.27. The topological polar surface area (TPSA) is 92.5 Å². The van der Waals surface area contributed by atoms with Crippen LogP contribution in [0.2, 0.25) is 0 Å². The van der Waals surface area contributed by atoms with Crippen LogP contribution in [0, 0.1) is 0 Å². The Morgan fingerprint density at radius 3 is 2.78 bits per heavy atom. The summed E-state index contributed by atoms with van der Waals surface area (Å²) >= 11 is 0. The highest BCUT2D eigenvalue weighted by Gasteiger charge is 2.25. The molecule has 1 aliphatic rings. The van der Waals surface area contributed by atoms with Crippen molar-refractivity contribution in [1.82, 2.24) is 9.62 Å². The molecular weight excluding hydrogens is 254 g/mol. The molecule has 1 atom stereocenters. The van der Waals surface area contributed by atoms with Crippen molar-refractivity contribution in [1.29, 1.82) is 0 Å². The molecule has 0 saturated carbocycles. The maximum Gasteiger partial charge on any atom is 0.224 e. The van der Waals surface area contributed by atoms with E-state index < -0.39 is 10.0 Å². The predicted octanol–water partition coefficient (Wildman–Crippen LogP) is -0.344. The number of nitrogens with two attached hydrogens (primary N) is 1. The zero-order chi connectivity index (χ0) is 13.6. The first-order chi connectivity index (χ1) is 8.44. The average Bonchev–Trinajstić information content (AvgIpc) is 2.28. The Hall–Kier alpha value is -0.660. The number of likely N-dealkylation sites (tertiary alicyclic amines) is 1. The second-order valence-electron chi connectivity index (χ2n) is 4.73. The van der Waals surface area contributed by atoms with Crippen LogP contribution in [0.5, 0.6) is 0 Å². The number of carbonyl (C=O) groups excluding carboxylic acids is 1. The molecule has 106 valence electrons. The molecule has 0 aromatic rings. The Kier molecular flexibility index (Phi) is 6.04. The molecule has 0 aromatic carbocycles. The van der Waals surface area contributed by atoms with Crippen molar-refractivity contribution in [2.24, 2.45) is 5.73 Å². The lowest BCUT2D eigenvalue weighted by molar-refractivity contribution is -0.134. The fourth-order valence-corrected chi connectivity index (χ4v) is 2.80. The molecule has 1 fully saturated rings. The van der Waals surface area contributed by atoms with E-state index >= 15 is 0 Å². The van der Waals surface area contributed by atoms with E-state index in [0.717, 1.165) is 32.1 Å². The Morgan fingerprint density at radius 1 is 1.44 bits per heavy atom. The standard InChI is InChI=1S/C11H23N3O3S/c1-18(16,17)13-8-6-10-4-2-3-9-14(10)11(15)5-7-12/h10,13H,2-9,12H2,1H3. The van der Waals surface area contributed by atoms with Crippen molar-refractivity contribution in [2.45, 2.75) is 38.1 Å². The third-order valence-electron chi connectivity index (χ3n) is 3.15. The first kappa shape index (κ1) is 15.4. The molecule has 1 rings (SSSR count). The molecule has 0 aliphatic carbocycles. The number of hydrogen-bond donors (Lipinski definition) is 2. The highest BCUT2D eigenvalue weighted by Crippen LogP contribution is 2.20. The average molecular weight is 277 g/mol. The van der Waals surface area contributed by atoms with E-state index in [1.165, 1.54) is 0 Å². The van der Waals surface area contributed by atoms with Gasteiger partial charge in [-0.05, 0) is 25.7 Å². The Labute approximate surface area is 109 Å². The van der Waals surface area contributed by atoms with Crippen LogP contribution in [0.4, 0.5) is 0 Å². The highest BCUT2D eigenvalue weighted by molar-refractivity contribution is 7.88. The van der Waals surface area contributed by atoms with E-state index in [0.29, 0.717) is 25.9 Å². The van der Waals surface area contributed by atoms with Gasteiger partial charge in [-0.1, -0.05) is 0 Å². The molecule has 1 saturated heterocycles. The molecule has 0 aromatic heterocycles. The zero-order valence-corrected chi connectivity index (χ0v) is 11.7. The predicted molar refractivity (Wildman–Crippen MR) is 70.5 cm³/mol. The minimum absolute atomic E-state index is 0.0848. The first-order valence-electron chi connectivity index (χ1n) is 6.38. The van der Waals surface area contributed by atoms with Gasteiger partial charge in [0.1, 0.15) is 0 Å². The van der Waals surface area contributed by atoms with E-state index in [1.807, 2.05) is 4.90 Å². The maximum absolute atomic E-state index is 11.9. The van der Waals surface area contributed by atoms with Gasteiger partial charge in [-0.15, -0.1) is 0 Å². The van der Waals surface area contributed by atoms with Crippen LogP contribution in [0.1, 0.15) is 32.1 Å². The van der Waals surface area contributed by atoms with E-state index in [1.54, 1.807) is 0 Å². The van der Waals surface area contributed by atoms with Gasteiger partial charge in [-0.2, -0.15) is 0 Å². The van der Waals surface area contributed by atoms with Gasteiger partial charge in [0.15, 0.2) is 0 Å². The van der Waals surface area contributed by atoms with Gasteiger partial charge in [0.2, 0.25) is 15.9 Å². The van der Waals surface area contributed by atoms with Crippen molar-refractivity contribution < 1.29 is 13.2 Å². The van der Waals surface area contributed by atoms with Crippen LogP contribution >= 0.6 is 0 Å². The molecule has 6 nitrogen and oxygen atoms in total. The quantitative estimate of drug-likeness (QED) is 0.694. The van der Waals surface area contributed by atoms with Crippen molar-refractivity contribution in [3.63, 3.8) is 0 Å². The number of hydrogen-bond acceptors (Lipinski definition) is 4. The smallest absolute Gasteiger partial charge is 0.224 e. The maximum atomic E-state index is 11.9. The SMILES string of the molecule is CS(=O)(=O)NCCC1CCCCN1C(=O)CCN. The Balaban J connectivity index is 2.47. The molecule has 3 N–H and O–H groups in total. The van der Waals surface area contributed by atoms with Crippen LogP contribution in [0.15, 0.2) is 0 Å². The minimum Gasteiger partial charge on any atom is -0.340 e. The van der Waals surface area contributed by atoms with Gasteiger partial charge in [0, 0.05) is 32.1 Å². The highest BCUT2D eigenvalue weighted by atomic mass is 32.2. The third-order valence-corrected chi connectivity index (χ3v) is 3.88. The molecule has 7 heteroatoms. The monoisotopic (exact) mass is 277 g/mol. The lowest BCUT2D eigenvalue weighted by Crippen LogP contribution is -2.45. The zero-order valence-electron chi connectivity index (χ0n) is 10.9. The summed E-state index contributed by atoms with van der Waals surface area (Å²) in [4.78, 5) is 13.7. The summed E-state index contributed by atoms with van der Waals surface area (Å²) < 4.78 is 24.4. The number of nitrogens with one attached hydrogen (secondary N) is 1. The Bertz CT molecular complexity index is 370. The van der Waals surface area contributed by atoms with E-state index in [4.69, 9.17) is 5.73 Å². The number of nitrogens with zero attached hydrogens (tertiary/aromatic N) is 1. The van der Waals surface area contributed by atoms with Crippen molar-refractivity contribution in [3.8, 4) is 0 Å². The van der Waals surface area contributed by atoms with Crippen molar-refractivity contribution in [2.75, 3.05) is 25.9 Å². The fraction of sp³-hybridized carbons (Fsp3) is 0.909. The molecule has 0 spiro atoms. The number of piperidine rings is 1. The van der Waals surface area contributed by atoms with Gasteiger partial charge in [-0.25, -0.2) is 13.1 Å². The van der Waals surface area contributed by atoms with Crippen LogP contribution in [-0.4, -0.2) is 51.2 Å². The summed E-state index contributed by atoms with van der Waals surface area (Å²) in [7, 11) is -3.15. The van der Waals surface area contributed by atoms with Crippen molar-refractivity contribution >= 4 is 15.9 Å². The second-order valence-corrected chi connectivity index (χ2v) is 6.56. The van der Waals surface area contributed by atoms with Gasteiger partial charge < -0.3 is 10.6 Å². The number of amides is 1. The van der Waals surface area contributed by atoms with Crippen molar-refractivity contribution in [3.05, 3.63) is 0 Å². The van der Waals surface area contributed by atoms with E-state index in [9.17, 15) is 13.2 Å². The van der Waals surface area contributed by atoms with Gasteiger partial charge in [0.05, 0.1) is 6.26 Å². The number of carbonyl (C=O) groups is 1. The van der Waals surface area contributed by atoms with Gasteiger partial charge in [0.25, 0.3) is 0 Å². The van der Waals surface area contributed by atoms with Gasteiger partial charge >= 0.3 is 0 Å². The molecule has 1 heterocycles. The summed E-state index contributed by atoms with van der Waals surface area (Å²) in [5.74, 6) is 0.0848. The summed E-state index contributed by atoms with van der Waals surface area (Å²) in [5.41, 5.74) is 5.40. The van der Waals surface area contributed by atoms with E-state index in [2.05, 4.69) is 4.72 Å². The third kappa shape index (κ3) is 5.32. The molecular formula is C11H23N3O3S. The molecule has 1 aliphatic heterocycles. The van der Waals surface area contributed by atoms with E-state index in [-0.39, 0.29) is 11.9 Å². The summed E-state index contributed by atoms with van der Waals surface area (Å²) in [6.45, 7) is 1.52. The lowest BCUT2D eigenvalue weighted by Gasteiger charge is -2.36. The Morgan fingerprint density at radius 2 is 2.17 bits per heavy atom. The number of sulfonamides is 1. The molecule has 0 bridgehead atoms. The normalized spacial score (nSPS) is 21.0. The molecule has 1 unspecified atom stereocenters. The van der Waals surface area contributed by atoms with Crippen LogP contribution in [0.3, 0.4) is 0 Å².